The Bertz CT molecular complexity index is 3320. The summed E-state index contributed by atoms with van der Waals surface area (Å²) < 4.78 is 94.2. The number of methoxy groups -OCH3 is 2. The number of hydrogen-bond acceptors (Lipinski definition) is 10. The minimum atomic E-state index is -4.11. The Morgan fingerprint density at radius 3 is 1.50 bits per heavy atom. The molecule has 6 aromatic carbocycles. The lowest BCUT2D eigenvalue weighted by molar-refractivity contribution is 0.177. The molecule has 0 spiro atoms. The molecule has 0 radical (unpaired) electrons. The second-order valence-corrected chi connectivity index (χ2v) is 21.8. The topological polar surface area (TPSA) is 220 Å². The Morgan fingerprint density at radius 2 is 1.03 bits per heavy atom. The van der Waals surface area contributed by atoms with Crippen molar-refractivity contribution in [3.8, 4) is 22.6 Å². The molecule has 0 atom stereocenters. The summed E-state index contributed by atoms with van der Waals surface area (Å²) in [5, 5.41) is 15.3. The lowest BCUT2D eigenvalue weighted by atomic mass is 9.42. The van der Waals surface area contributed by atoms with Crippen molar-refractivity contribution in [3.63, 3.8) is 0 Å². The minimum Gasteiger partial charge on any atom is -0.497 e. The van der Waals surface area contributed by atoms with Crippen molar-refractivity contribution >= 4 is 93.0 Å². The van der Waals surface area contributed by atoms with E-state index in [0.29, 0.717) is 29.7 Å². The van der Waals surface area contributed by atoms with Crippen molar-refractivity contribution in [2.24, 2.45) is 10.8 Å². The maximum absolute atomic E-state index is 14.0. The van der Waals surface area contributed by atoms with E-state index in [1.54, 1.807) is 36.4 Å². The number of ether oxygens (including phenoxy) is 2. The average molecular weight is 1030 g/mol. The van der Waals surface area contributed by atoms with Gasteiger partial charge in [-0.05, 0) is 101 Å². The van der Waals surface area contributed by atoms with Gasteiger partial charge in [-0.2, -0.15) is 10.2 Å². The van der Waals surface area contributed by atoms with Crippen LogP contribution in [-0.2, 0) is 20.0 Å². The van der Waals surface area contributed by atoms with E-state index >= 15 is 0 Å². The molecule has 0 amide bonds. The quantitative estimate of drug-likeness (QED) is 0.0712. The predicted molar refractivity (Wildman–Crippen MR) is 271 cm³/mol. The third-order valence-corrected chi connectivity index (χ3v) is 15.7. The first-order valence-corrected chi connectivity index (χ1v) is 24.9. The van der Waals surface area contributed by atoms with E-state index < -0.39 is 41.5 Å². The summed E-state index contributed by atoms with van der Waals surface area (Å²) >= 11 is 3.35. The molecule has 0 bridgehead atoms. The molecule has 3 heterocycles. The van der Waals surface area contributed by atoms with Crippen LogP contribution in [0.25, 0.3) is 32.9 Å². The van der Waals surface area contributed by atoms with Crippen molar-refractivity contribution < 1.29 is 35.1 Å². The summed E-state index contributed by atoms with van der Waals surface area (Å²) in [6.45, 7) is 9.67. The van der Waals surface area contributed by atoms with Crippen LogP contribution in [0.15, 0.2) is 136 Å². The van der Waals surface area contributed by atoms with E-state index in [0.717, 1.165) is 68.2 Å². The number of nitrogens with zero attached hydrogens (tertiary/aromatic N) is 2. The third kappa shape index (κ3) is 10.9. The van der Waals surface area contributed by atoms with Crippen LogP contribution >= 0.6 is 15.9 Å². The number of nitrogens with two attached hydrogens (primary N) is 2. The Hall–Kier alpha value is -6.64. The highest BCUT2D eigenvalue weighted by atomic mass is 79.9. The minimum absolute atomic E-state index is 0.247. The maximum atomic E-state index is 14.0. The summed E-state index contributed by atoms with van der Waals surface area (Å²) in [5.74, 6) is -0.170. The van der Waals surface area contributed by atoms with Gasteiger partial charge in [0.05, 0.1) is 25.3 Å². The van der Waals surface area contributed by atoms with Gasteiger partial charge in [0.15, 0.2) is 18.3 Å². The second kappa shape index (κ2) is 19.5. The number of fused-ring (bicyclic) bond motifs is 2. The van der Waals surface area contributed by atoms with Gasteiger partial charge in [-0.25, -0.2) is 25.6 Å². The zero-order valence-electron chi connectivity index (χ0n) is 38.0. The highest BCUT2D eigenvalue weighted by Gasteiger charge is 2.48. The normalized spacial score (nSPS) is 14.1. The lowest BCUT2D eigenvalue weighted by Crippen LogP contribution is -2.27. The van der Waals surface area contributed by atoms with E-state index in [-0.39, 0.29) is 22.3 Å². The molecule has 2 aromatic heterocycles. The molecule has 0 unspecified atom stereocenters. The molecule has 0 saturated carbocycles. The second-order valence-electron chi connectivity index (χ2n) is 17.5. The van der Waals surface area contributed by atoms with E-state index in [1.165, 1.54) is 37.9 Å². The van der Waals surface area contributed by atoms with Crippen LogP contribution in [0.1, 0.15) is 27.7 Å². The molecule has 9 rings (SSSR count). The first kappa shape index (κ1) is 49.3. The number of nitrogens with one attached hydrogen (secondary N) is 4. The predicted octanol–water partition coefficient (Wildman–Crippen LogP) is 10.1. The standard InChI is InChI=1S/C21H27BFNO3S.C20H17FN4O3S.C7H6BrN3/c1-20(2)13-22(14-21(20,3)4)15-6-8-16(9-7-15)24-28(25,26)19-12-17(27-5)10-11-18(19)23;1-28-15-7-9-17(21)19(11-15)29(26,27)25-14-5-2-12(3-6-14)13-4-8-16-18(10-13)23-24-20(16)22;8-4-1-2-5-6(3-4)10-11-7(5)9/h6-12,24H,13-14H2,1-5H3;2-11,25H,1H3,(H3,22,23,24);1-3H,(H3,9,10,11). The fourth-order valence-corrected chi connectivity index (χ4v) is 10.6. The Kier molecular flexibility index (Phi) is 14.2. The largest absolute Gasteiger partial charge is 0.497 e. The van der Waals surface area contributed by atoms with Crippen LogP contribution < -0.4 is 35.8 Å². The highest BCUT2D eigenvalue weighted by molar-refractivity contribution is 9.10. The molecule has 1 fully saturated rings. The van der Waals surface area contributed by atoms with Gasteiger partial charge in [0.1, 0.15) is 32.9 Å². The zero-order valence-corrected chi connectivity index (χ0v) is 41.2. The van der Waals surface area contributed by atoms with Gasteiger partial charge < -0.3 is 20.9 Å². The first-order chi connectivity index (χ1) is 32.1. The molecule has 14 nitrogen and oxygen atoms in total. The number of anilines is 4. The highest BCUT2D eigenvalue weighted by Crippen LogP contribution is 2.52. The maximum Gasteiger partial charge on any atom is 0.264 e. The van der Waals surface area contributed by atoms with Crippen LogP contribution in [0.5, 0.6) is 11.5 Å². The van der Waals surface area contributed by atoms with Crippen molar-refractivity contribution in [1.82, 2.24) is 20.4 Å². The zero-order chi connectivity index (χ0) is 49.2. The van der Waals surface area contributed by atoms with E-state index in [2.05, 4.69) is 73.5 Å². The van der Waals surface area contributed by atoms with Gasteiger partial charge in [0, 0.05) is 38.8 Å². The van der Waals surface area contributed by atoms with Crippen LogP contribution in [0.2, 0.25) is 12.6 Å². The van der Waals surface area contributed by atoms with Crippen LogP contribution in [0, 0.1) is 22.5 Å². The monoisotopic (exact) mass is 1030 g/mol. The summed E-state index contributed by atoms with van der Waals surface area (Å²) in [7, 11) is -5.38. The molecule has 20 heteroatoms. The lowest BCUT2D eigenvalue weighted by Gasteiger charge is -2.35. The molecular weight excluding hydrogens is 977 g/mol. The smallest absolute Gasteiger partial charge is 0.264 e. The van der Waals surface area contributed by atoms with E-state index in [4.69, 9.17) is 20.9 Å². The number of H-pyrrole nitrogens is 2. The van der Waals surface area contributed by atoms with Gasteiger partial charge in [-0.15, -0.1) is 0 Å². The van der Waals surface area contributed by atoms with Crippen LogP contribution in [-0.4, -0.2) is 58.2 Å². The molecule has 1 aliphatic rings. The van der Waals surface area contributed by atoms with Crippen molar-refractivity contribution in [2.45, 2.75) is 50.1 Å². The van der Waals surface area contributed by atoms with E-state index in [1.807, 2.05) is 48.5 Å². The fraction of sp³-hybridized carbons (Fsp3) is 0.208. The van der Waals surface area contributed by atoms with Crippen LogP contribution in [0.3, 0.4) is 0 Å². The number of sulfonamides is 2. The molecule has 1 saturated heterocycles. The number of nitrogen functional groups attached to an aromatic ring is 2. The Morgan fingerprint density at radius 1 is 0.603 bits per heavy atom. The van der Waals surface area contributed by atoms with Crippen molar-refractivity contribution in [2.75, 3.05) is 35.1 Å². The molecule has 354 valence electrons. The van der Waals surface area contributed by atoms with Gasteiger partial charge in [-0.1, -0.05) is 92.1 Å². The molecule has 8 aromatic rings. The number of benzene rings is 6. The SMILES string of the molecule is COc1ccc(F)c(S(=O)(=O)Nc2ccc(-c3ccc4c(N)n[nH]c4c3)cc2)c1.COc1ccc(F)c(S(=O)(=O)Nc2ccc(B3CC(C)(C)C(C)(C)C3)cc2)c1.Nc1n[nH]c2cc(Br)ccc12. The average Bonchev–Trinajstić information content (AvgIpc) is 3.93. The first-order valence-electron chi connectivity index (χ1n) is 21.2. The number of rotatable bonds is 10. The number of hydrogen-bond donors (Lipinski definition) is 6. The van der Waals surface area contributed by atoms with Crippen molar-refractivity contribution in [1.29, 1.82) is 0 Å². The van der Waals surface area contributed by atoms with Gasteiger partial charge in [0.2, 0.25) is 0 Å². The van der Waals surface area contributed by atoms with Crippen LogP contribution in [0.4, 0.5) is 31.8 Å². The molecular formula is C48H50BBrF2N8O6S2. The Labute approximate surface area is 402 Å². The van der Waals surface area contributed by atoms with Gasteiger partial charge in [-0.3, -0.25) is 19.6 Å². The third-order valence-electron chi connectivity index (χ3n) is 12.5. The molecule has 1 aliphatic heterocycles. The fourth-order valence-electron chi connectivity index (χ4n) is 7.93. The van der Waals surface area contributed by atoms with Gasteiger partial charge in [0.25, 0.3) is 20.0 Å². The summed E-state index contributed by atoms with van der Waals surface area (Å²) in [6.07, 6.45) is 2.19. The summed E-state index contributed by atoms with van der Waals surface area (Å²) in [4.78, 5) is -0.918. The van der Waals surface area contributed by atoms with E-state index in [9.17, 15) is 25.6 Å². The van der Waals surface area contributed by atoms with Gasteiger partial charge >= 0.3 is 0 Å². The number of halogens is 3. The number of aromatic nitrogens is 4. The number of aromatic amines is 2. The molecule has 8 N–H and O–H groups in total. The molecule has 68 heavy (non-hydrogen) atoms. The molecule has 0 aliphatic carbocycles. The Balaban J connectivity index is 0.000000165. The van der Waals surface area contributed by atoms with Crippen molar-refractivity contribution in [3.05, 3.63) is 137 Å². The summed E-state index contributed by atoms with van der Waals surface area (Å²) in [5.41, 5.74) is 17.3. The summed E-state index contributed by atoms with van der Waals surface area (Å²) in [6, 6.07) is 32.8.